The van der Waals surface area contributed by atoms with E-state index in [1.165, 1.54) is 45.9 Å². The van der Waals surface area contributed by atoms with Crippen molar-refractivity contribution in [2.75, 3.05) is 0 Å². The van der Waals surface area contributed by atoms with Crippen molar-refractivity contribution in [2.24, 2.45) is 5.92 Å². The molecule has 186 valence electrons. The Morgan fingerprint density at radius 2 is 1.54 bits per heavy atom. The molecule has 0 amide bonds. The second-order valence-corrected chi connectivity index (χ2v) is 11.1. The molecule has 37 heavy (non-hydrogen) atoms. The minimum Gasteiger partial charge on any atom is -0.227 e. The number of rotatable bonds is 4. The second-order valence-electron chi connectivity index (χ2n) is 8.92. The number of hydrogen-bond acceptors (Lipinski definition) is 0. The van der Waals surface area contributed by atoms with Crippen LogP contribution in [0.25, 0.3) is 10.8 Å². The molecule has 0 nitrogen and oxygen atoms in total. The van der Waals surface area contributed by atoms with Gasteiger partial charge in [0, 0.05) is 25.8 Å². The Balaban J connectivity index is 0.000000210. The summed E-state index contributed by atoms with van der Waals surface area (Å²) in [6.45, 7) is 5.42. The fourth-order valence-corrected chi connectivity index (χ4v) is 7.04. The van der Waals surface area contributed by atoms with E-state index in [0.29, 0.717) is 0 Å². The summed E-state index contributed by atoms with van der Waals surface area (Å²) in [7, 11) is -0.493. The molecule has 0 aromatic heterocycles. The number of allylic oxidation sites excluding steroid dienone is 7. The van der Waals surface area contributed by atoms with Gasteiger partial charge in [-0.25, -0.2) is 18.1 Å². The molecular weight excluding hydrogens is 630 g/mol. The van der Waals surface area contributed by atoms with Crippen LogP contribution in [-0.4, -0.2) is 0 Å². The van der Waals surface area contributed by atoms with E-state index < -0.39 is 7.92 Å². The van der Waals surface area contributed by atoms with E-state index in [4.69, 9.17) is 0 Å². The second kappa shape index (κ2) is 15.6. The average molecular weight is 665 g/mol. The fourth-order valence-electron chi connectivity index (χ4n) is 4.67. The minimum atomic E-state index is -0.493. The summed E-state index contributed by atoms with van der Waals surface area (Å²) in [5.41, 5.74) is 1.58. The quantitative estimate of drug-likeness (QED) is 0.0888. The molecule has 0 N–H and O–H groups in total. The van der Waals surface area contributed by atoms with E-state index in [9.17, 15) is 0 Å². The molecule has 2 aliphatic carbocycles. The Morgan fingerprint density at radius 3 is 2.11 bits per heavy atom. The third-order valence-corrected chi connectivity index (χ3v) is 8.83. The van der Waals surface area contributed by atoms with Crippen molar-refractivity contribution in [1.82, 2.24) is 0 Å². The van der Waals surface area contributed by atoms with Crippen LogP contribution in [0.15, 0.2) is 146 Å². The van der Waals surface area contributed by atoms with Gasteiger partial charge in [-0.15, -0.1) is 58.9 Å². The van der Waals surface area contributed by atoms with Gasteiger partial charge in [0.05, 0.1) is 0 Å². The van der Waals surface area contributed by atoms with Crippen LogP contribution in [0, 0.1) is 12.3 Å². The van der Waals surface area contributed by atoms with Crippen molar-refractivity contribution in [3.63, 3.8) is 0 Å². The SMILES string of the molecule is C1=CCC2CC[CH-]C2=C1.C=CC=CC.[Hf].c1ccc(P(c2ccccc2)c2cc3ccccc3[cH-]2)cc1. The maximum absolute atomic E-state index is 3.46. The zero-order chi connectivity index (χ0) is 25.0. The summed E-state index contributed by atoms with van der Waals surface area (Å²) >= 11 is 0. The molecule has 6 rings (SSSR count). The fraction of sp³-hybridized carbons (Fsp3) is 0.143. The van der Waals surface area contributed by atoms with Crippen molar-refractivity contribution in [3.05, 3.63) is 152 Å². The van der Waals surface area contributed by atoms with Crippen molar-refractivity contribution >= 4 is 34.6 Å². The number of benzene rings is 3. The van der Waals surface area contributed by atoms with Crippen LogP contribution in [0.3, 0.4) is 0 Å². The monoisotopic (exact) mass is 666 g/mol. The summed E-state index contributed by atoms with van der Waals surface area (Å²) in [6.07, 6.45) is 18.6. The molecule has 1 fully saturated rings. The zero-order valence-corrected chi connectivity index (χ0v) is 26.1. The van der Waals surface area contributed by atoms with Crippen molar-refractivity contribution < 1.29 is 25.8 Å². The molecule has 4 aromatic carbocycles. The van der Waals surface area contributed by atoms with Gasteiger partial charge in [0.15, 0.2) is 0 Å². The van der Waals surface area contributed by atoms with E-state index in [0.717, 1.165) is 5.92 Å². The van der Waals surface area contributed by atoms with Crippen LogP contribution < -0.4 is 15.9 Å². The summed E-state index contributed by atoms with van der Waals surface area (Å²) in [5.74, 6) is 0.884. The summed E-state index contributed by atoms with van der Waals surface area (Å²) in [6, 6.07) is 35.0. The van der Waals surface area contributed by atoms with Gasteiger partial charge >= 0.3 is 0 Å². The van der Waals surface area contributed by atoms with Crippen LogP contribution in [0.2, 0.25) is 0 Å². The van der Waals surface area contributed by atoms with Gasteiger partial charge in [0.2, 0.25) is 0 Å². The third kappa shape index (κ3) is 8.19. The van der Waals surface area contributed by atoms with Crippen LogP contribution in [-0.2, 0) is 25.8 Å². The van der Waals surface area contributed by atoms with Gasteiger partial charge in [-0.1, -0.05) is 98.0 Å². The molecule has 0 radical (unpaired) electrons. The maximum atomic E-state index is 3.46. The molecule has 0 saturated heterocycles. The zero-order valence-electron chi connectivity index (χ0n) is 21.6. The Morgan fingerprint density at radius 1 is 0.892 bits per heavy atom. The van der Waals surface area contributed by atoms with E-state index in [-0.39, 0.29) is 25.8 Å². The van der Waals surface area contributed by atoms with Gasteiger partial charge in [0.1, 0.15) is 0 Å². The summed E-state index contributed by atoms with van der Waals surface area (Å²) in [5, 5.41) is 6.89. The maximum Gasteiger partial charge on any atom is 0 e. The van der Waals surface area contributed by atoms with E-state index in [2.05, 4.69) is 128 Å². The Hall–Kier alpha value is -2.60. The molecule has 0 bridgehead atoms. The predicted molar refractivity (Wildman–Crippen MR) is 162 cm³/mol. The first kappa shape index (κ1) is 29.0. The summed E-state index contributed by atoms with van der Waals surface area (Å²) in [4.78, 5) is 0. The Bertz CT molecular complexity index is 1240. The first-order valence-electron chi connectivity index (χ1n) is 12.8. The van der Waals surface area contributed by atoms with Gasteiger partial charge in [-0.3, -0.25) is 0 Å². The van der Waals surface area contributed by atoms with E-state index >= 15 is 0 Å². The van der Waals surface area contributed by atoms with E-state index in [1.54, 1.807) is 11.6 Å². The van der Waals surface area contributed by atoms with Gasteiger partial charge < -0.3 is 0 Å². The standard InChI is InChI=1S/C21H16P.C9H11.C5H8.Hf/c1-3-11-19(12-4-1)22(20-13-5-2-6-14-20)21-15-17-9-7-8-10-18(17)16-21;1-2-5-9-7-3-6-8(9)4-1;1-3-5-4-2;/h1-16H;1-2,4,6,9H,3,5,7H2;3-5H,1H2,2H3;/q2*-1;;. The molecular formula is C35H35HfP-2. The van der Waals surface area contributed by atoms with Crippen molar-refractivity contribution in [3.8, 4) is 0 Å². The number of hydrogen-bond donors (Lipinski definition) is 0. The Labute approximate surface area is 243 Å². The van der Waals surface area contributed by atoms with Gasteiger partial charge in [-0.2, -0.15) is 6.07 Å². The van der Waals surface area contributed by atoms with Crippen LogP contribution >= 0.6 is 7.92 Å². The van der Waals surface area contributed by atoms with Crippen LogP contribution in [0.4, 0.5) is 0 Å². The van der Waals surface area contributed by atoms with Crippen LogP contribution in [0.1, 0.15) is 26.2 Å². The Kier molecular flexibility index (Phi) is 12.2. The first-order chi connectivity index (χ1) is 17.8. The summed E-state index contributed by atoms with van der Waals surface area (Å²) < 4.78 is 0. The molecule has 4 aromatic rings. The van der Waals surface area contributed by atoms with Gasteiger partial charge in [-0.05, 0) is 37.8 Å². The van der Waals surface area contributed by atoms with Gasteiger partial charge in [0.25, 0.3) is 0 Å². The molecule has 0 heterocycles. The average Bonchev–Trinajstić information content (AvgIpc) is 3.58. The normalized spacial score (nSPS) is 15.4. The molecule has 1 saturated carbocycles. The molecule has 1 atom stereocenters. The van der Waals surface area contributed by atoms with Crippen molar-refractivity contribution in [1.29, 1.82) is 0 Å². The van der Waals surface area contributed by atoms with Crippen molar-refractivity contribution in [2.45, 2.75) is 26.2 Å². The molecule has 2 aliphatic rings. The molecule has 2 heteroatoms. The molecule has 0 spiro atoms. The molecule has 0 aliphatic heterocycles. The molecule has 1 unspecified atom stereocenters. The number of fused-ring (bicyclic) bond motifs is 2. The largest absolute Gasteiger partial charge is 0.227 e. The van der Waals surface area contributed by atoms with E-state index in [1.807, 2.05) is 19.1 Å². The van der Waals surface area contributed by atoms with Crippen LogP contribution in [0.5, 0.6) is 0 Å². The third-order valence-electron chi connectivity index (χ3n) is 6.43. The first-order valence-corrected chi connectivity index (χ1v) is 14.1. The topological polar surface area (TPSA) is 0 Å². The predicted octanol–water partition coefficient (Wildman–Crippen LogP) is 8.55. The smallest absolute Gasteiger partial charge is 0 e. The minimum absolute atomic E-state index is 0.